The van der Waals surface area contributed by atoms with Crippen molar-refractivity contribution in [2.24, 2.45) is 5.92 Å². The lowest BCUT2D eigenvalue weighted by Gasteiger charge is -2.25. The van der Waals surface area contributed by atoms with E-state index in [1.807, 2.05) is 66.7 Å². The second-order valence-electron chi connectivity index (χ2n) is 7.59. The lowest BCUT2D eigenvalue weighted by Crippen LogP contribution is -2.35. The van der Waals surface area contributed by atoms with Crippen LogP contribution in [0.25, 0.3) is 11.1 Å². The highest BCUT2D eigenvalue weighted by molar-refractivity contribution is 7.98. The zero-order chi connectivity index (χ0) is 21.0. The molecule has 2 heterocycles. The Kier molecular flexibility index (Phi) is 5.63. The molecule has 1 aliphatic rings. The predicted octanol–water partition coefficient (Wildman–Crippen LogP) is 5.10. The molecule has 1 aromatic heterocycles. The van der Waals surface area contributed by atoms with Crippen molar-refractivity contribution in [3.8, 4) is 5.75 Å². The van der Waals surface area contributed by atoms with Gasteiger partial charge in [0.1, 0.15) is 11.3 Å². The first-order valence-corrected chi connectivity index (χ1v) is 11.3. The summed E-state index contributed by atoms with van der Waals surface area (Å²) in [4.78, 5) is 17.4. The van der Waals surface area contributed by atoms with E-state index in [0.29, 0.717) is 29.7 Å². The SMILES string of the molecule is O=C(NC[C@@H]1COc2ccccc2C1)c1ccccc1CSc1nc2ccccc2o1. The van der Waals surface area contributed by atoms with Crippen LogP contribution in [-0.2, 0) is 12.2 Å². The highest BCUT2D eigenvalue weighted by atomic mass is 32.2. The van der Waals surface area contributed by atoms with Gasteiger partial charge in [-0.25, -0.2) is 4.98 Å². The standard InChI is InChI=1S/C25H22N2O3S/c28-24(26-14-17-13-18-7-2-5-11-22(18)29-15-17)20-9-3-1-8-19(20)16-31-25-27-21-10-4-6-12-23(21)30-25/h1-12,17H,13-16H2,(H,26,28)/t17-/m1/s1. The van der Waals surface area contributed by atoms with Crippen LogP contribution in [0.1, 0.15) is 21.5 Å². The lowest BCUT2D eigenvalue weighted by molar-refractivity contribution is 0.0938. The molecule has 31 heavy (non-hydrogen) atoms. The summed E-state index contributed by atoms with van der Waals surface area (Å²) >= 11 is 1.49. The molecule has 6 heteroatoms. The van der Waals surface area contributed by atoms with Crippen LogP contribution in [-0.4, -0.2) is 24.0 Å². The zero-order valence-corrected chi connectivity index (χ0v) is 17.7. The van der Waals surface area contributed by atoms with Crippen molar-refractivity contribution in [1.29, 1.82) is 0 Å². The molecule has 3 aromatic carbocycles. The Morgan fingerprint density at radius 1 is 1.03 bits per heavy atom. The number of benzene rings is 3. The second-order valence-corrected chi connectivity index (χ2v) is 8.52. The molecule has 5 rings (SSSR count). The fourth-order valence-corrected chi connectivity index (χ4v) is 4.62. The van der Waals surface area contributed by atoms with Crippen molar-refractivity contribution < 1.29 is 13.9 Å². The number of rotatable bonds is 6. The average molecular weight is 431 g/mol. The van der Waals surface area contributed by atoms with E-state index in [-0.39, 0.29) is 11.8 Å². The van der Waals surface area contributed by atoms with Crippen molar-refractivity contribution in [3.05, 3.63) is 89.5 Å². The molecule has 4 aromatic rings. The van der Waals surface area contributed by atoms with Crippen LogP contribution in [0.5, 0.6) is 5.75 Å². The maximum absolute atomic E-state index is 12.9. The molecule has 156 valence electrons. The molecule has 1 amide bonds. The van der Waals surface area contributed by atoms with Crippen LogP contribution >= 0.6 is 11.8 Å². The molecule has 1 atom stereocenters. The molecular formula is C25H22N2O3S. The number of oxazole rings is 1. The fraction of sp³-hybridized carbons (Fsp3) is 0.200. The van der Waals surface area contributed by atoms with E-state index in [1.54, 1.807) is 0 Å². The van der Waals surface area contributed by atoms with Gasteiger partial charge in [0.05, 0.1) is 6.61 Å². The van der Waals surface area contributed by atoms with Crippen LogP contribution < -0.4 is 10.1 Å². The van der Waals surface area contributed by atoms with Crippen molar-refractivity contribution in [3.63, 3.8) is 0 Å². The first kappa shape index (κ1) is 19.7. The monoisotopic (exact) mass is 430 g/mol. The Bertz CT molecular complexity index is 1190. The molecule has 0 spiro atoms. The first-order chi connectivity index (χ1) is 15.3. The summed E-state index contributed by atoms with van der Waals surface area (Å²) in [6.07, 6.45) is 0.908. The van der Waals surface area contributed by atoms with Crippen LogP contribution in [0.4, 0.5) is 0 Å². The number of nitrogens with zero attached hydrogens (tertiary/aromatic N) is 1. The third-order valence-corrected chi connectivity index (χ3v) is 6.27. The molecule has 0 fully saturated rings. The van der Waals surface area contributed by atoms with Gasteiger partial charge in [0.15, 0.2) is 5.58 Å². The van der Waals surface area contributed by atoms with E-state index in [2.05, 4.69) is 16.4 Å². The van der Waals surface area contributed by atoms with Crippen molar-refractivity contribution in [2.75, 3.05) is 13.2 Å². The number of thioether (sulfide) groups is 1. The summed E-state index contributed by atoms with van der Waals surface area (Å²) in [7, 11) is 0. The van der Waals surface area contributed by atoms with Crippen molar-refractivity contribution >= 4 is 28.8 Å². The Labute approximate surface area is 184 Å². The van der Waals surface area contributed by atoms with Crippen LogP contribution in [0, 0.1) is 5.92 Å². The molecule has 0 bridgehead atoms. The largest absolute Gasteiger partial charge is 0.493 e. The van der Waals surface area contributed by atoms with E-state index in [1.165, 1.54) is 17.3 Å². The highest BCUT2D eigenvalue weighted by Gasteiger charge is 2.21. The van der Waals surface area contributed by atoms with Gasteiger partial charge in [-0.1, -0.05) is 60.3 Å². The minimum atomic E-state index is -0.0624. The number of aromatic nitrogens is 1. The maximum Gasteiger partial charge on any atom is 0.257 e. The number of nitrogens with one attached hydrogen (secondary N) is 1. The van der Waals surface area contributed by atoms with Gasteiger partial charge in [-0.15, -0.1) is 0 Å². The molecule has 5 nitrogen and oxygen atoms in total. The van der Waals surface area contributed by atoms with Crippen molar-refractivity contribution in [2.45, 2.75) is 17.4 Å². The predicted molar refractivity (Wildman–Crippen MR) is 121 cm³/mol. The van der Waals surface area contributed by atoms with E-state index in [4.69, 9.17) is 9.15 Å². The lowest BCUT2D eigenvalue weighted by atomic mass is 9.96. The number of para-hydroxylation sites is 3. The minimum absolute atomic E-state index is 0.0624. The summed E-state index contributed by atoms with van der Waals surface area (Å²) in [6.45, 7) is 1.20. The fourth-order valence-electron chi connectivity index (χ4n) is 3.77. The van der Waals surface area contributed by atoms with Crippen LogP contribution in [0.3, 0.4) is 0 Å². The minimum Gasteiger partial charge on any atom is -0.493 e. The van der Waals surface area contributed by atoms with Crippen LogP contribution in [0.15, 0.2) is 82.4 Å². The molecule has 1 N–H and O–H groups in total. The Morgan fingerprint density at radius 2 is 1.84 bits per heavy atom. The molecule has 1 aliphatic heterocycles. The van der Waals surface area contributed by atoms with E-state index in [0.717, 1.165) is 28.8 Å². The summed E-state index contributed by atoms with van der Waals surface area (Å²) in [6, 6.07) is 23.5. The van der Waals surface area contributed by atoms with E-state index >= 15 is 0 Å². The van der Waals surface area contributed by atoms with Gasteiger partial charge in [0.2, 0.25) is 0 Å². The van der Waals surface area contributed by atoms with Gasteiger partial charge in [-0.05, 0) is 41.8 Å². The Morgan fingerprint density at radius 3 is 2.77 bits per heavy atom. The number of carbonyl (C=O) groups is 1. The second kappa shape index (κ2) is 8.86. The molecule has 0 aliphatic carbocycles. The molecule has 0 saturated carbocycles. The van der Waals surface area contributed by atoms with Crippen LogP contribution in [0.2, 0.25) is 0 Å². The molecular weight excluding hydrogens is 408 g/mol. The number of fused-ring (bicyclic) bond motifs is 2. The van der Waals surface area contributed by atoms with Crippen molar-refractivity contribution in [1.82, 2.24) is 10.3 Å². The Hall–Kier alpha value is -3.25. The molecule has 0 unspecified atom stereocenters. The van der Waals surface area contributed by atoms with Gasteiger partial charge in [0.25, 0.3) is 11.1 Å². The summed E-state index contributed by atoms with van der Waals surface area (Å²) in [5.41, 5.74) is 4.45. The average Bonchev–Trinajstić information content (AvgIpc) is 3.24. The normalized spacial score (nSPS) is 15.3. The number of hydrogen-bond acceptors (Lipinski definition) is 5. The smallest absolute Gasteiger partial charge is 0.257 e. The van der Waals surface area contributed by atoms with Gasteiger partial charge < -0.3 is 14.5 Å². The third kappa shape index (κ3) is 4.44. The van der Waals surface area contributed by atoms with Gasteiger partial charge >= 0.3 is 0 Å². The summed E-state index contributed by atoms with van der Waals surface area (Å²) in [5, 5.41) is 3.70. The summed E-state index contributed by atoms with van der Waals surface area (Å²) < 4.78 is 11.6. The third-order valence-electron chi connectivity index (χ3n) is 5.39. The molecule has 0 saturated heterocycles. The van der Waals surface area contributed by atoms with Gasteiger partial charge in [-0.3, -0.25) is 4.79 Å². The van der Waals surface area contributed by atoms with E-state index in [9.17, 15) is 4.79 Å². The maximum atomic E-state index is 12.9. The summed E-state index contributed by atoms with van der Waals surface area (Å²) in [5.74, 6) is 1.76. The van der Waals surface area contributed by atoms with Gasteiger partial charge in [0, 0.05) is 23.8 Å². The van der Waals surface area contributed by atoms with E-state index < -0.39 is 0 Å². The quantitative estimate of drug-likeness (QED) is 0.431. The highest BCUT2D eigenvalue weighted by Crippen LogP contribution is 2.28. The molecule has 0 radical (unpaired) electrons. The zero-order valence-electron chi connectivity index (χ0n) is 16.9. The number of amides is 1. The first-order valence-electron chi connectivity index (χ1n) is 10.3. The number of ether oxygens (including phenoxy) is 1. The number of carbonyl (C=O) groups excluding carboxylic acids is 1. The Balaban J connectivity index is 1.22. The van der Waals surface area contributed by atoms with Gasteiger partial charge in [-0.2, -0.15) is 0 Å². The topological polar surface area (TPSA) is 64.4 Å². The number of hydrogen-bond donors (Lipinski definition) is 1.